The molecule has 0 saturated heterocycles. The molecule has 4 rings (SSSR count). The number of benzene rings is 2. The van der Waals surface area contributed by atoms with Crippen molar-refractivity contribution in [2.75, 3.05) is 19.5 Å². The van der Waals surface area contributed by atoms with E-state index in [1.807, 2.05) is 6.07 Å². The molecule has 0 spiro atoms. The predicted octanol–water partition coefficient (Wildman–Crippen LogP) is 4.21. The van der Waals surface area contributed by atoms with E-state index in [9.17, 15) is 13.2 Å². The van der Waals surface area contributed by atoms with Crippen LogP contribution in [0.15, 0.2) is 41.3 Å². The Kier molecular flexibility index (Phi) is 6.15. The SMILES string of the molecule is COc1cc2nc(NC(=O)Cc3ccc(S(=O)(=O)C4CCCC4)cc3)sc2cc1OC. The number of amides is 1. The fraction of sp³-hybridized carbons (Fsp3) is 0.364. The minimum Gasteiger partial charge on any atom is -0.493 e. The van der Waals surface area contributed by atoms with Crippen LogP contribution >= 0.6 is 11.3 Å². The summed E-state index contributed by atoms with van der Waals surface area (Å²) in [5, 5.41) is 3.02. The standard InChI is InChI=1S/C22H24N2O5S2/c1-28-18-12-17-20(13-19(18)29-2)30-22(23-17)24-21(25)11-14-7-9-16(10-8-14)31(26,27)15-5-3-4-6-15/h7-10,12-13,15H,3-6,11H2,1-2H3,(H,23,24,25). The van der Waals surface area contributed by atoms with E-state index in [-0.39, 0.29) is 17.6 Å². The number of rotatable bonds is 7. The summed E-state index contributed by atoms with van der Waals surface area (Å²) in [5.41, 5.74) is 1.45. The van der Waals surface area contributed by atoms with E-state index < -0.39 is 9.84 Å². The van der Waals surface area contributed by atoms with Gasteiger partial charge in [0, 0.05) is 12.1 Å². The molecule has 2 aromatic carbocycles. The van der Waals surface area contributed by atoms with Crippen molar-refractivity contribution in [2.24, 2.45) is 0 Å². The molecule has 3 aromatic rings. The maximum absolute atomic E-state index is 12.7. The van der Waals surface area contributed by atoms with E-state index in [1.165, 1.54) is 11.3 Å². The monoisotopic (exact) mass is 460 g/mol. The van der Waals surface area contributed by atoms with Gasteiger partial charge < -0.3 is 14.8 Å². The molecule has 0 atom stereocenters. The van der Waals surface area contributed by atoms with E-state index in [0.29, 0.717) is 27.0 Å². The largest absolute Gasteiger partial charge is 0.493 e. The van der Waals surface area contributed by atoms with Crippen molar-refractivity contribution in [1.29, 1.82) is 0 Å². The van der Waals surface area contributed by atoms with Gasteiger partial charge in [0.15, 0.2) is 26.5 Å². The summed E-state index contributed by atoms with van der Waals surface area (Å²) in [7, 11) is -0.163. The first-order valence-corrected chi connectivity index (χ1v) is 12.4. The first-order valence-electron chi connectivity index (χ1n) is 10.1. The zero-order chi connectivity index (χ0) is 22.0. The number of carbonyl (C=O) groups is 1. The fourth-order valence-electron chi connectivity index (χ4n) is 3.85. The smallest absolute Gasteiger partial charge is 0.230 e. The predicted molar refractivity (Wildman–Crippen MR) is 121 cm³/mol. The van der Waals surface area contributed by atoms with Gasteiger partial charge >= 0.3 is 0 Å². The van der Waals surface area contributed by atoms with Gasteiger partial charge in [-0.3, -0.25) is 4.79 Å². The molecule has 1 fully saturated rings. The van der Waals surface area contributed by atoms with Crippen LogP contribution in [0, 0.1) is 0 Å². The Morgan fingerprint density at radius 1 is 1.10 bits per heavy atom. The summed E-state index contributed by atoms with van der Waals surface area (Å²) >= 11 is 1.35. The Hall–Kier alpha value is -2.65. The molecule has 1 N–H and O–H groups in total. The lowest BCUT2D eigenvalue weighted by molar-refractivity contribution is -0.115. The highest BCUT2D eigenvalue weighted by Crippen LogP contribution is 2.36. The van der Waals surface area contributed by atoms with Gasteiger partial charge in [0.2, 0.25) is 5.91 Å². The van der Waals surface area contributed by atoms with Crippen LogP contribution in [-0.2, 0) is 21.1 Å². The summed E-state index contributed by atoms with van der Waals surface area (Å²) in [6.07, 6.45) is 3.52. The lowest BCUT2D eigenvalue weighted by Gasteiger charge is -2.11. The second-order valence-electron chi connectivity index (χ2n) is 7.51. The molecule has 7 nitrogen and oxygen atoms in total. The normalized spacial score (nSPS) is 14.6. The number of aromatic nitrogens is 1. The molecular weight excluding hydrogens is 436 g/mol. The Morgan fingerprint density at radius 3 is 2.39 bits per heavy atom. The Balaban J connectivity index is 1.44. The average molecular weight is 461 g/mol. The molecule has 0 radical (unpaired) electrons. The van der Waals surface area contributed by atoms with Gasteiger partial charge in [0.25, 0.3) is 0 Å². The van der Waals surface area contributed by atoms with E-state index in [1.54, 1.807) is 44.6 Å². The third kappa shape index (κ3) is 4.52. The summed E-state index contributed by atoms with van der Waals surface area (Å²) in [5.74, 6) is 0.958. The fourth-order valence-corrected chi connectivity index (χ4v) is 6.59. The lowest BCUT2D eigenvalue weighted by atomic mass is 10.1. The van der Waals surface area contributed by atoms with Crippen molar-refractivity contribution in [3.05, 3.63) is 42.0 Å². The molecule has 164 valence electrons. The lowest BCUT2D eigenvalue weighted by Crippen LogP contribution is -2.18. The summed E-state index contributed by atoms with van der Waals surface area (Å²) in [6, 6.07) is 10.2. The van der Waals surface area contributed by atoms with E-state index in [0.717, 1.165) is 35.9 Å². The first-order chi connectivity index (χ1) is 14.9. The molecule has 0 unspecified atom stereocenters. The number of hydrogen-bond donors (Lipinski definition) is 1. The highest BCUT2D eigenvalue weighted by molar-refractivity contribution is 7.92. The van der Waals surface area contributed by atoms with Crippen LogP contribution in [0.3, 0.4) is 0 Å². The molecule has 1 aromatic heterocycles. The van der Waals surface area contributed by atoms with Crippen molar-refractivity contribution < 1.29 is 22.7 Å². The Bertz CT molecular complexity index is 1160. The molecular formula is C22H24N2O5S2. The highest BCUT2D eigenvalue weighted by atomic mass is 32.2. The second kappa shape index (κ2) is 8.84. The zero-order valence-electron chi connectivity index (χ0n) is 17.4. The van der Waals surface area contributed by atoms with Gasteiger partial charge in [-0.1, -0.05) is 36.3 Å². The Labute approximate surface area is 185 Å². The molecule has 9 heteroatoms. The van der Waals surface area contributed by atoms with Gasteiger partial charge in [-0.25, -0.2) is 13.4 Å². The van der Waals surface area contributed by atoms with Crippen LogP contribution in [0.25, 0.3) is 10.2 Å². The van der Waals surface area contributed by atoms with Crippen molar-refractivity contribution in [3.8, 4) is 11.5 Å². The Morgan fingerprint density at radius 2 is 1.74 bits per heavy atom. The maximum atomic E-state index is 12.7. The number of sulfone groups is 1. The van der Waals surface area contributed by atoms with Crippen LogP contribution in [0.4, 0.5) is 5.13 Å². The minimum atomic E-state index is -3.29. The van der Waals surface area contributed by atoms with Crippen LogP contribution in [0.2, 0.25) is 0 Å². The molecule has 0 aliphatic heterocycles. The third-order valence-electron chi connectivity index (χ3n) is 5.50. The summed E-state index contributed by atoms with van der Waals surface area (Å²) < 4.78 is 36.8. The van der Waals surface area contributed by atoms with Gasteiger partial charge in [0.05, 0.1) is 41.0 Å². The number of ether oxygens (including phenoxy) is 2. The van der Waals surface area contributed by atoms with Crippen molar-refractivity contribution >= 4 is 42.4 Å². The minimum absolute atomic E-state index is 0.131. The number of thiazole rings is 1. The van der Waals surface area contributed by atoms with E-state index in [2.05, 4.69) is 10.3 Å². The van der Waals surface area contributed by atoms with Crippen LogP contribution in [0.1, 0.15) is 31.2 Å². The van der Waals surface area contributed by atoms with E-state index in [4.69, 9.17) is 9.47 Å². The summed E-state index contributed by atoms with van der Waals surface area (Å²) in [4.78, 5) is 17.3. The third-order valence-corrected chi connectivity index (χ3v) is 8.71. The number of hydrogen-bond acceptors (Lipinski definition) is 7. The molecule has 1 aliphatic carbocycles. The second-order valence-corrected chi connectivity index (χ2v) is 10.8. The van der Waals surface area contributed by atoms with Gasteiger partial charge in [-0.05, 0) is 30.5 Å². The quantitative estimate of drug-likeness (QED) is 0.568. The first kappa shape index (κ1) is 21.6. The van der Waals surface area contributed by atoms with Crippen LogP contribution in [0.5, 0.6) is 11.5 Å². The molecule has 0 bridgehead atoms. The zero-order valence-corrected chi connectivity index (χ0v) is 19.0. The topological polar surface area (TPSA) is 94.6 Å². The average Bonchev–Trinajstić information content (AvgIpc) is 3.42. The highest BCUT2D eigenvalue weighted by Gasteiger charge is 2.30. The van der Waals surface area contributed by atoms with Gasteiger partial charge in [0.1, 0.15) is 0 Å². The molecule has 1 aliphatic rings. The molecule has 31 heavy (non-hydrogen) atoms. The maximum Gasteiger partial charge on any atom is 0.230 e. The van der Waals surface area contributed by atoms with Crippen LogP contribution < -0.4 is 14.8 Å². The summed E-state index contributed by atoms with van der Waals surface area (Å²) in [6.45, 7) is 0. The van der Waals surface area contributed by atoms with Crippen molar-refractivity contribution in [1.82, 2.24) is 4.98 Å². The molecule has 1 heterocycles. The number of nitrogens with one attached hydrogen (secondary N) is 1. The van der Waals surface area contributed by atoms with Gasteiger partial charge in [-0.15, -0.1) is 0 Å². The number of fused-ring (bicyclic) bond motifs is 1. The van der Waals surface area contributed by atoms with Gasteiger partial charge in [-0.2, -0.15) is 0 Å². The van der Waals surface area contributed by atoms with Crippen molar-refractivity contribution in [3.63, 3.8) is 0 Å². The van der Waals surface area contributed by atoms with E-state index >= 15 is 0 Å². The molecule has 1 saturated carbocycles. The molecule has 1 amide bonds. The number of methoxy groups -OCH3 is 2. The van der Waals surface area contributed by atoms with Crippen LogP contribution in [-0.4, -0.2) is 38.8 Å². The number of carbonyl (C=O) groups excluding carboxylic acids is 1. The number of anilines is 1. The van der Waals surface area contributed by atoms with Crippen molar-refractivity contribution in [2.45, 2.75) is 42.2 Å². The number of nitrogens with zero attached hydrogens (tertiary/aromatic N) is 1.